The normalized spacial score (nSPS) is 10.8. The number of carbonyl (C=O) groups excluding carboxylic acids is 1. The summed E-state index contributed by atoms with van der Waals surface area (Å²) < 4.78 is 4.90. The molecule has 142 valence electrons. The SMILES string of the molecule is COc1cc([N+](=O)[O-])cc(/C=N\NC(=O)c2cc(-c3ccccc3)n[nH]2)c1O. The summed E-state index contributed by atoms with van der Waals surface area (Å²) in [4.78, 5) is 22.5. The van der Waals surface area contributed by atoms with E-state index in [0.29, 0.717) is 5.69 Å². The summed E-state index contributed by atoms with van der Waals surface area (Å²) in [5, 5.41) is 31.4. The average Bonchev–Trinajstić information content (AvgIpc) is 3.20. The van der Waals surface area contributed by atoms with Crippen molar-refractivity contribution in [1.82, 2.24) is 15.6 Å². The first-order valence-electron chi connectivity index (χ1n) is 7.99. The molecule has 0 saturated heterocycles. The molecule has 1 heterocycles. The van der Waals surface area contributed by atoms with Gasteiger partial charge in [-0.2, -0.15) is 10.2 Å². The van der Waals surface area contributed by atoms with E-state index in [0.717, 1.165) is 23.9 Å². The smallest absolute Gasteiger partial charge is 0.289 e. The molecule has 0 aliphatic carbocycles. The molecule has 3 N–H and O–H groups in total. The molecule has 0 aliphatic rings. The Balaban J connectivity index is 1.75. The number of phenolic OH excluding ortho intramolecular Hbond substituents is 1. The summed E-state index contributed by atoms with van der Waals surface area (Å²) in [5.41, 5.74) is 3.60. The van der Waals surface area contributed by atoms with Gasteiger partial charge < -0.3 is 9.84 Å². The number of nitro groups is 1. The summed E-state index contributed by atoms with van der Waals surface area (Å²) in [5.74, 6) is -0.982. The number of hydrazone groups is 1. The number of hydrogen-bond donors (Lipinski definition) is 3. The van der Waals surface area contributed by atoms with E-state index in [9.17, 15) is 20.0 Å². The number of non-ortho nitro benzene ring substituents is 1. The van der Waals surface area contributed by atoms with Crippen LogP contribution in [0.4, 0.5) is 5.69 Å². The number of phenols is 1. The Morgan fingerprint density at radius 2 is 2.07 bits per heavy atom. The molecule has 0 atom stereocenters. The number of aromatic amines is 1. The molecule has 28 heavy (non-hydrogen) atoms. The van der Waals surface area contributed by atoms with Crippen LogP contribution >= 0.6 is 0 Å². The summed E-state index contributed by atoms with van der Waals surface area (Å²) in [6.07, 6.45) is 1.08. The first-order chi connectivity index (χ1) is 13.5. The van der Waals surface area contributed by atoms with E-state index in [1.54, 1.807) is 6.07 Å². The maximum absolute atomic E-state index is 12.2. The number of H-pyrrole nitrogens is 1. The fourth-order valence-corrected chi connectivity index (χ4v) is 2.39. The molecule has 2 aromatic carbocycles. The maximum Gasteiger partial charge on any atom is 0.289 e. The first kappa shape index (κ1) is 18.6. The molecule has 10 heteroatoms. The summed E-state index contributed by atoms with van der Waals surface area (Å²) >= 11 is 0. The number of aromatic nitrogens is 2. The number of benzene rings is 2. The fraction of sp³-hybridized carbons (Fsp3) is 0.0556. The Bertz CT molecular complexity index is 1050. The Hall–Kier alpha value is -4.21. The Morgan fingerprint density at radius 3 is 2.75 bits per heavy atom. The molecule has 0 aliphatic heterocycles. The van der Waals surface area contributed by atoms with Gasteiger partial charge in [-0.15, -0.1) is 0 Å². The molecule has 3 aromatic rings. The highest BCUT2D eigenvalue weighted by molar-refractivity contribution is 5.94. The largest absolute Gasteiger partial charge is 0.504 e. The second kappa shape index (κ2) is 7.99. The second-order valence-corrected chi connectivity index (χ2v) is 5.57. The van der Waals surface area contributed by atoms with Crippen molar-refractivity contribution in [1.29, 1.82) is 0 Å². The van der Waals surface area contributed by atoms with Crippen LogP contribution in [0.1, 0.15) is 16.1 Å². The van der Waals surface area contributed by atoms with Gasteiger partial charge in [-0.25, -0.2) is 5.43 Å². The zero-order valence-electron chi connectivity index (χ0n) is 14.6. The van der Waals surface area contributed by atoms with Gasteiger partial charge >= 0.3 is 0 Å². The summed E-state index contributed by atoms with van der Waals surface area (Å²) in [6, 6.07) is 13.0. The van der Waals surface area contributed by atoms with Gasteiger partial charge in [0.2, 0.25) is 0 Å². The van der Waals surface area contributed by atoms with Gasteiger partial charge in [0.25, 0.3) is 11.6 Å². The van der Waals surface area contributed by atoms with Crippen molar-refractivity contribution in [3.63, 3.8) is 0 Å². The van der Waals surface area contributed by atoms with Gasteiger partial charge in [0.15, 0.2) is 11.5 Å². The molecule has 0 radical (unpaired) electrons. The lowest BCUT2D eigenvalue weighted by molar-refractivity contribution is -0.385. The third-order valence-corrected chi connectivity index (χ3v) is 3.78. The molecular weight excluding hydrogens is 366 g/mol. The number of carbonyl (C=O) groups is 1. The van der Waals surface area contributed by atoms with Crippen molar-refractivity contribution in [2.24, 2.45) is 5.10 Å². The van der Waals surface area contributed by atoms with E-state index in [-0.39, 0.29) is 28.4 Å². The van der Waals surface area contributed by atoms with Crippen LogP contribution in [-0.2, 0) is 0 Å². The topological polar surface area (TPSA) is 143 Å². The second-order valence-electron chi connectivity index (χ2n) is 5.57. The zero-order valence-corrected chi connectivity index (χ0v) is 14.6. The molecule has 0 fully saturated rings. The van der Waals surface area contributed by atoms with Gasteiger partial charge in [0.05, 0.1) is 30.0 Å². The molecular formula is C18H15N5O5. The van der Waals surface area contributed by atoms with Gasteiger partial charge in [0, 0.05) is 17.2 Å². The zero-order chi connectivity index (χ0) is 20.1. The van der Waals surface area contributed by atoms with Crippen LogP contribution in [0.5, 0.6) is 11.5 Å². The highest BCUT2D eigenvalue weighted by Gasteiger charge is 2.16. The van der Waals surface area contributed by atoms with Crippen molar-refractivity contribution in [2.45, 2.75) is 0 Å². The minimum Gasteiger partial charge on any atom is -0.504 e. The Labute approximate surface area is 158 Å². The van der Waals surface area contributed by atoms with Crippen LogP contribution in [0.25, 0.3) is 11.3 Å². The summed E-state index contributed by atoms with van der Waals surface area (Å²) in [6.45, 7) is 0. The van der Waals surface area contributed by atoms with Crippen molar-refractivity contribution in [2.75, 3.05) is 7.11 Å². The third kappa shape index (κ3) is 3.96. The van der Waals surface area contributed by atoms with Crippen molar-refractivity contribution >= 4 is 17.8 Å². The van der Waals surface area contributed by atoms with E-state index in [4.69, 9.17) is 4.74 Å². The van der Waals surface area contributed by atoms with Crippen LogP contribution in [0.2, 0.25) is 0 Å². The molecule has 3 rings (SSSR count). The number of methoxy groups -OCH3 is 1. The van der Waals surface area contributed by atoms with Gasteiger partial charge in [-0.1, -0.05) is 30.3 Å². The van der Waals surface area contributed by atoms with Crippen LogP contribution < -0.4 is 10.2 Å². The predicted octanol–water partition coefficient (Wildman–Crippen LogP) is 2.46. The number of rotatable bonds is 6. The number of amides is 1. The maximum atomic E-state index is 12.2. The van der Waals surface area contributed by atoms with Crippen molar-refractivity contribution in [3.8, 4) is 22.8 Å². The molecule has 0 spiro atoms. The van der Waals surface area contributed by atoms with Gasteiger partial charge in [-0.3, -0.25) is 20.0 Å². The lowest BCUT2D eigenvalue weighted by Crippen LogP contribution is -2.18. The molecule has 0 saturated carbocycles. The fourth-order valence-electron chi connectivity index (χ4n) is 2.39. The Kier molecular flexibility index (Phi) is 5.30. The number of nitrogens with one attached hydrogen (secondary N) is 2. The quantitative estimate of drug-likeness (QED) is 0.340. The third-order valence-electron chi connectivity index (χ3n) is 3.78. The lowest BCUT2D eigenvalue weighted by Gasteiger charge is -2.05. The molecule has 1 aromatic heterocycles. The van der Waals surface area contributed by atoms with Crippen LogP contribution in [0.15, 0.2) is 53.6 Å². The standard InChI is InChI=1S/C18H15N5O5/c1-28-16-8-13(23(26)27)7-12(17(16)24)10-19-22-18(25)15-9-14(20-21-15)11-5-3-2-4-6-11/h2-10,24H,1H3,(H,20,21)(H,22,25)/b19-10-. The molecule has 1 amide bonds. The minimum atomic E-state index is -0.631. The molecule has 0 bridgehead atoms. The number of hydrogen-bond acceptors (Lipinski definition) is 7. The number of nitrogens with zero attached hydrogens (tertiary/aromatic N) is 3. The summed E-state index contributed by atoms with van der Waals surface area (Å²) in [7, 11) is 1.27. The van der Waals surface area contributed by atoms with E-state index in [2.05, 4.69) is 20.7 Å². The Morgan fingerprint density at radius 1 is 1.32 bits per heavy atom. The van der Waals surface area contributed by atoms with Crippen molar-refractivity contribution < 1.29 is 19.6 Å². The average molecular weight is 381 g/mol. The predicted molar refractivity (Wildman–Crippen MR) is 100 cm³/mol. The number of nitro benzene ring substituents is 1. The van der Waals surface area contributed by atoms with E-state index >= 15 is 0 Å². The number of ether oxygens (including phenoxy) is 1. The van der Waals surface area contributed by atoms with Crippen LogP contribution in [-0.4, -0.2) is 39.5 Å². The molecule has 0 unspecified atom stereocenters. The first-order valence-corrected chi connectivity index (χ1v) is 7.99. The van der Waals surface area contributed by atoms with Gasteiger partial charge in [-0.05, 0) is 6.07 Å². The van der Waals surface area contributed by atoms with Crippen molar-refractivity contribution in [3.05, 3.63) is 69.9 Å². The highest BCUT2D eigenvalue weighted by atomic mass is 16.6. The molecule has 10 nitrogen and oxygen atoms in total. The van der Waals surface area contributed by atoms with Gasteiger partial charge in [0.1, 0.15) is 5.69 Å². The lowest BCUT2D eigenvalue weighted by atomic mass is 10.1. The van der Waals surface area contributed by atoms with E-state index in [1.165, 1.54) is 7.11 Å². The van der Waals surface area contributed by atoms with E-state index < -0.39 is 10.8 Å². The van der Waals surface area contributed by atoms with E-state index in [1.807, 2.05) is 30.3 Å². The van der Waals surface area contributed by atoms with Crippen LogP contribution in [0.3, 0.4) is 0 Å². The highest BCUT2D eigenvalue weighted by Crippen LogP contribution is 2.33. The monoisotopic (exact) mass is 381 g/mol. The van der Waals surface area contributed by atoms with Crippen LogP contribution in [0, 0.1) is 10.1 Å². The minimum absolute atomic E-state index is 0.0148. The number of aromatic hydroxyl groups is 1.